The maximum absolute atomic E-state index is 10.4. The first kappa shape index (κ1) is 12.8. The molecular weight excluding hydrogens is 224 g/mol. The fourth-order valence-corrected chi connectivity index (χ4v) is 2.58. The highest BCUT2D eigenvalue weighted by molar-refractivity contribution is 5.39. The van der Waals surface area contributed by atoms with Crippen molar-refractivity contribution in [2.24, 2.45) is 7.05 Å². The third-order valence-corrected chi connectivity index (χ3v) is 3.37. The van der Waals surface area contributed by atoms with Crippen molar-refractivity contribution < 1.29 is 5.11 Å². The Morgan fingerprint density at radius 1 is 1.22 bits per heavy atom. The zero-order valence-electron chi connectivity index (χ0n) is 11.4. The third kappa shape index (κ3) is 2.46. The monoisotopic (exact) mass is 244 g/mol. The van der Waals surface area contributed by atoms with Gasteiger partial charge in [-0.3, -0.25) is 0 Å². The molecule has 96 valence electrons. The van der Waals surface area contributed by atoms with Crippen LogP contribution < -0.4 is 0 Å². The topological polar surface area (TPSA) is 38.1 Å². The van der Waals surface area contributed by atoms with Gasteiger partial charge in [-0.05, 0) is 37.5 Å². The van der Waals surface area contributed by atoms with Gasteiger partial charge in [0.25, 0.3) is 0 Å². The van der Waals surface area contributed by atoms with Crippen LogP contribution >= 0.6 is 0 Å². The zero-order chi connectivity index (χ0) is 13.3. The van der Waals surface area contributed by atoms with Gasteiger partial charge in [0, 0.05) is 25.9 Å². The Bertz CT molecular complexity index is 534. The van der Waals surface area contributed by atoms with Crippen molar-refractivity contribution in [2.75, 3.05) is 0 Å². The number of benzene rings is 1. The summed E-state index contributed by atoms with van der Waals surface area (Å²) in [6, 6.07) is 4.23. The van der Waals surface area contributed by atoms with E-state index in [1.54, 1.807) is 6.20 Å². The largest absolute Gasteiger partial charge is 0.388 e. The molecule has 0 spiro atoms. The molecular formula is C15H20N2O. The average molecular weight is 244 g/mol. The number of hydrogen-bond acceptors (Lipinski definition) is 2. The summed E-state index contributed by atoms with van der Waals surface area (Å²) in [6.07, 6.45) is 3.72. The van der Waals surface area contributed by atoms with Gasteiger partial charge in [-0.25, -0.2) is 4.98 Å². The highest BCUT2D eigenvalue weighted by Gasteiger charge is 2.16. The molecule has 1 N–H and O–H groups in total. The number of hydrogen-bond donors (Lipinski definition) is 1. The van der Waals surface area contributed by atoms with Crippen LogP contribution in [0, 0.1) is 20.8 Å². The van der Waals surface area contributed by atoms with Crippen molar-refractivity contribution in [3.63, 3.8) is 0 Å². The van der Waals surface area contributed by atoms with E-state index >= 15 is 0 Å². The van der Waals surface area contributed by atoms with Crippen molar-refractivity contribution in [3.05, 3.63) is 52.6 Å². The number of aromatic nitrogens is 2. The minimum Gasteiger partial charge on any atom is -0.388 e. The molecule has 1 heterocycles. The number of aliphatic hydroxyl groups is 1. The maximum Gasteiger partial charge on any atom is 0.111 e. The lowest BCUT2D eigenvalue weighted by Gasteiger charge is -2.17. The fraction of sp³-hybridized carbons (Fsp3) is 0.400. The van der Waals surface area contributed by atoms with E-state index in [0.29, 0.717) is 6.42 Å². The molecule has 0 amide bonds. The highest BCUT2D eigenvalue weighted by Crippen LogP contribution is 2.25. The minimum absolute atomic E-state index is 0.494. The average Bonchev–Trinajstić information content (AvgIpc) is 2.62. The number of aryl methyl sites for hydroxylation is 4. The molecule has 0 bridgehead atoms. The second-order valence-electron chi connectivity index (χ2n) is 4.99. The van der Waals surface area contributed by atoms with Crippen molar-refractivity contribution >= 4 is 0 Å². The standard InChI is InChI=1S/C15H20N2O/c1-10-7-11(2)15(12(3)8-10)13(18)9-14-16-5-6-17(14)4/h5-8,13,18H,9H2,1-4H3. The number of rotatable bonds is 3. The minimum atomic E-state index is -0.494. The summed E-state index contributed by atoms with van der Waals surface area (Å²) in [7, 11) is 1.95. The molecule has 1 aromatic heterocycles. The summed E-state index contributed by atoms with van der Waals surface area (Å²) in [5.41, 5.74) is 4.56. The molecule has 2 aromatic rings. The van der Waals surface area contributed by atoms with Gasteiger partial charge in [-0.2, -0.15) is 0 Å². The number of aliphatic hydroxyl groups excluding tert-OH is 1. The lowest BCUT2D eigenvalue weighted by Crippen LogP contribution is -2.09. The van der Waals surface area contributed by atoms with Gasteiger partial charge >= 0.3 is 0 Å². The van der Waals surface area contributed by atoms with E-state index in [-0.39, 0.29) is 0 Å². The van der Waals surface area contributed by atoms with E-state index in [1.807, 2.05) is 17.8 Å². The van der Waals surface area contributed by atoms with E-state index in [4.69, 9.17) is 0 Å². The van der Waals surface area contributed by atoms with E-state index in [0.717, 1.165) is 22.5 Å². The van der Waals surface area contributed by atoms with Crippen LogP contribution in [0.15, 0.2) is 24.5 Å². The van der Waals surface area contributed by atoms with Crippen LogP contribution in [0.3, 0.4) is 0 Å². The van der Waals surface area contributed by atoms with E-state index in [2.05, 4.69) is 37.9 Å². The van der Waals surface area contributed by atoms with Gasteiger partial charge in [-0.1, -0.05) is 17.7 Å². The van der Waals surface area contributed by atoms with Crippen LogP contribution in [0.1, 0.15) is 34.2 Å². The molecule has 0 aliphatic carbocycles. The third-order valence-electron chi connectivity index (χ3n) is 3.37. The Morgan fingerprint density at radius 3 is 2.33 bits per heavy atom. The number of nitrogens with zero attached hydrogens (tertiary/aromatic N) is 2. The Labute approximate surface area is 108 Å². The molecule has 0 saturated carbocycles. The Morgan fingerprint density at radius 2 is 1.83 bits per heavy atom. The van der Waals surface area contributed by atoms with Crippen LogP contribution in [-0.4, -0.2) is 14.7 Å². The summed E-state index contributed by atoms with van der Waals surface area (Å²) in [6.45, 7) is 6.18. The SMILES string of the molecule is Cc1cc(C)c(C(O)Cc2nccn2C)c(C)c1. The summed E-state index contributed by atoms with van der Waals surface area (Å²) < 4.78 is 1.95. The second-order valence-corrected chi connectivity index (χ2v) is 4.99. The first-order valence-electron chi connectivity index (χ1n) is 6.21. The smallest absolute Gasteiger partial charge is 0.111 e. The molecule has 3 nitrogen and oxygen atoms in total. The van der Waals surface area contributed by atoms with Gasteiger partial charge in [0.1, 0.15) is 5.82 Å². The molecule has 0 radical (unpaired) electrons. The van der Waals surface area contributed by atoms with Gasteiger partial charge in [0.05, 0.1) is 6.10 Å². The van der Waals surface area contributed by atoms with Crippen molar-refractivity contribution in [2.45, 2.75) is 33.3 Å². The lowest BCUT2D eigenvalue weighted by atomic mass is 9.94. The van der Waals surface area contributed by atoms with E-state index < -0.39 is 6.10 Å². The quantitative estimate of drug-likeness (QED) is 0.901. The molecule has 18 heavy (non-hydrogen) atoms. The molecule has 1 atom stereocenters. The second kappa shape index (κ2) is 4.94. The van der Waals surface area contributed by atoms with Crippen LogP contribution in [0.2, 0.25) is 0 Å². The van der Waals surface area contributed by atoms with Crippen LogP contribution in [0.25, 0.3) is 0 Å². The molecule has 2 rings (SSSR count). The van der Waals surface area contributed by atoms with Crippen LogP contribution in [-0.2, 0) is 13.5 Å². The summed E-state index contributed by atoms with van der Waals surface area (Å²) >= 11 is 0. The van der Waals surface area contributed by atoms with Gasteiger partial charge < -0.3 is 9.67 Å². The maximum atomic E-state index is 10.4. The Hall–Kier alpha value is -1.61. The van der Waals surface area contributed by atoms with Crippen molar-refractivity contribution in [1.29, 1.82) is 0 Å². The highest BCUT2D eigenvalue weighted by atomic mass is 16.3. The predicted octanol–water partition coefficient (Wildman–Crippen LogP) is 2.62. The van der Waals surface area contributed by atoms with Gasteiger partial charge in [0.15, 0.2) is 0 Å². The normalized spacial score (nSPS) is 12.7. The molecule has 0 aliphatic heterocycles. The van der Waals surface area contributed by atoms with Crippen molar-refractivity contribution in [1.82, 2.24) is 9.55 Å². The molecule has 3 heteroatoms. The van der Waals surface area contributed by atoms with Gasteiger partial charge in [0.2, 0.25) is 0 Å². The van der Waals surface area contributed by atoms with E-state index in [1.165, 1.54) is 5.56 Å². The molecule has 0 aliphatic rings. The molecule has 0 saturated heterocycles. The Kier molecular flexibility index (Phi) is 3.53. The molecule has 1 unspecified atom stereocenters. The molecule has 1 aromatic carbocycles. The summed E-state index contributed by atoms with van der Waals surface area (Å²) in [5, 5.41) is 10.4. The summed E-state index contributed by atoms with van der Waals surface area (Å²) in [4.78, 5) is 4.26. The lowest BCUT2D eigenvalue weighted by molar-refractivity contribution is 0.173. The summed E-state index contributed by atoms with van der Waals surface area (Å²) in [5.74, 6) is 0.905. The van der Waals surface area contributed by atoms with Crippen molar-refractivity contribution in [3.8, 4) is 0 Å². The fourth-order valence-electron chi connectivity index (χ4n) is 2.58. The van der Waals surface area contributed by atoms with Crippen LogP contribution in [0.5, 0.6) is 0 Å². The zero-order valence-corrected chi connectivity index (χ0v) is 11.4. The number of imidazole rings is 1. The first-order valence-corrected chi connectivity index (χ1v) is 6.21. The first-order chi connectivity index (χ1) is 8.49. The molecule has 0 fully saturated rings. The van der Waals surface area contributed by atoms with Gasteiger partial charge in [-0.15, -0.1) is 0 Å². The van der Waals surface area contributed by atoms with E-state index in [9.17, 15) is 5.11 Å². The van der Waals surface area contributed by atoms with Crippen LogP contribution in [0.4, 0.5) is 0 Å². The predicted molar refractivity (Wildman–Crippen MR) is 72.5 cm³/mol. The Balaban J connectivity index is 2.29.